The maximum atomic E-state index is 9.02. The molecule has 80 valence electrons. The minimum atomic E-state index is -0.193. The van der Waals surface area contributed by atoms with Crippen LogP contribution >= 0.6 is 22.6 Å². The van der Waals surface area contributed by atoms with Crippen LogP contribution in [0.2, 0.25) is 0 Å². The Kier molecular flexibility index (Phi) is 5.50. The maximum Gasteiger partial charge on any atom is 0.164 e. The van der Waals surface area contributed by atoms with Gasteiger partial charge >= 0.3 is 0 Å². The van der Waals surface area contributed by atoms with Crippen LogP contribution in [0.1, 0.15) is 25.5 Å². The predicted molar refractivity (Wildman–Crippen MR) is 64.0 cm³/mol. The van der Waals surface area contributed by atoms with Crippen LogP contribution in [0, 0.1) is 3.77 Å². The van der Waals surface area contributed by atoms with Crippen molar-refractivity contribution in [2.45, 2.75) is 32.4 Å². The van der Waals surface area contributed by atoms with Crippen LogP contribution in [-0.2, 0) is 6.54 Å². The van der Waals surface area contributed by atoms with Crippen molar-refractivity contribution in [3.8, 4) is 0 Å². The third-order valence-electron chi connectivity index (χ3n) is 1.90. The molecule has 0 aliphatic heterocycles. The quantitative estimate of drug-likeness (QED) is 0.625. The summed E-state index contributed by atoms with van der Waals surface area (Å²) in [6.45, 7) is 3.50. The van der Waals surface area contributed by atoms with E-state index in [-0.39, 0.29) is 6.10 Å². The topological polar surface area (TPSA) is 45.4 Å². The Bertz CT molecular complexity index is 260. The maximum absolute atomic E-state index is 9.02. The molecule has 1 aromatic rings. The Hall–Kier alpha value is -0.0700. The van der Waals surface area contributed by atoms with E-state index < -0.39 is 0 Å². The SMILES string of the molecule is CC(O)CCCNCc1ccc(I)o1. The number of hydrogen-bond donors (Lipinski definition) is 2. The van der Waals surface area contributed by atoms with Gasteiger partial charge in [0.2, 0.25) is 0 Å². The molecule has 1 atom stereocenters. The van der Waals surface area contributed by atoms with Crippen molar-refractivity contribution in [1.82, 2.24) is 5.32 Å². The molecule has 0 saturated carbocycles. The van der Waals surface area contributed by atoms with Gasteiger partial charge in [0.05, 0.1) is 12.6 Å². The summed E-state index contributed by atoms with van der Waals surface area (Å²) < 4.78 is 6.31. The number of rotatable bonds is 6. The van der Waals surface area contributed by atoms with Gasteiger partial charge in [-0.15, -0.1) is 0 Å². The summed E-state index contributed by atoms with van der Waals surface area (Å²) in [7, 11) is 0. The van der Waals surface area contributed by atoms with Gasteiger partial charge in [0, 0.05) is 0 Å². The molecule has 0 bridgehead atoms. The smallest absolute Gasteiger partial charge is 0.164 e. The highest BCUT2D eigenvalue weighted by molar-refractivity contribution is 14.1. The lowest BCUT2D eigenvalue weighted by Gasteiger charge is -2.04. The van der Waals surface area contributed by atoms with Gasteiger partial charge in [-0.3, -0.25) is 0 Å². The molecule has 1 heterocycles. The molecule has 14 heavy (non-hydrogen) atoms. The Balaban J connectivity index is 2.04. The molecule has 0 saturated heterocycles. The zero-order chi connectivity index (χ0) is 10.4. The van der Waals surface area contributed by atoms with Crippen molar-refractivity contribution in [3.63, 3.8) is 0 Å². The van der Waals surface area contributed by atoms with Crippen molar-refractivity contribution < 1.29 is 9.52 Å². The van der Waals surface area contributed by atoms with Gasteiger partial charge in [-0.25, -0.2) is 0 Å². The molecule has 4 heteroatoms. The first-order valence-corrected chi connectivity index (χ1v) is 5.89. The summed E-state index contributed by atoms with van der Waals surface area (Å²) in [5.41, 5.74) is 0. The Morgan fingerprint density at radius 3 is 2.93 bits per heavy atom. The Morgan fingerprint density at radius 1 is 1.57 bits per heavy atom. The Morgan fingerprint density at radius 2 is 2.36 bits per heavy atom. The van der Waals surface area contributed by atoms with E-state index >= 15 is 0 Å². The van der Waals surface area contributed by atoms with Crippen molar-refractivity contribution in [1.29, 1.82) is 0 Å². The highest BCUT2D eigenvalue weighted by Crippen LogP contribution is 2.09. The van der Waals surface area contributed by atoms with Crippen LogP contribution < -0.4 is 5.32 Å². The van der Waals surface area contributed by atoms with Gasteiger partial charge in [0.1, 0.15) is 5.76 Å². The minimum Gasteiger partial charge on any atom is -0.454 e. The van der Waals surface area contributed by atoms with Crippen LogP contribution in [0.4, 0.5) is 0 Å². The largest absolute Gasteiger partial charge is 0.454 e. The lowest BCUT2D eigenvalue weighted by molar-refractivity contribution is 0.181. The van der Waals surface area contributed by atoms with E-state index in [1.165, 1.54) is 0 Å². The molecule has 0 aliphatic rings. The summed E-state index contributed by atoms with van der Waals surface area (Å²) in [5.74, 6) is 0.964. The fourth-order valence-electron chi connectivity index (χ4n) is 1.18. The molecule has 0 radical (unpaired) electrons. The molecule has 0 amide bonds. The lowest BCUT2D eigenvalue weighted by Crippen LogP contribution is -2.15. The van der Waals surface area contributed by atoms with Crippen LogP contribution in [0.15, 0.2) is 16.5 Å². The third kappa shape index (κ3) is 4.97. The number of halogens is 1. The second-order valence-electron chi connectivity index (χ2n) is 3.37. The van der Waals surface area contributed by atoms with Gasteiger partial charge < -0.3 is 14.8 Å². The van der Waals surface area contributed by atoms with Gasteiger partial charge in [0.15, 0.2) is 3.77 Å². The van der Waals surface area contributed by atoms with Crippen molar-refractivity contribution in [2.24, 2.45) is 0 Å². The van der Waals surface area contributed by atoms with E-state index in [1.54, 1.807) is 0 Å². The van der Waals surface area contributed by atoms with Crippen molar-refractivity contribution >= 4 is 22.6 Å². The molecule has 2 N–H and O–H groups in total. The number of hydrogen-bond acceptors (Lipinski definition) is 3. The van der Waals surface area contributed by atoms with Gasteiger partial charge in [0.25, 0.3) is 0 Å². The Labute approximate surface area is 98.0 Å². The standard InChI is InChI=1S/C10H16INO2/c1-8(13)3-2-6-12-7-9-4-5-10(11)14-9/h4-5,8,12-13H,2-3,6-7H2,1H3. The first-order chi connectivity index (χ1) is 6.68. The normalized spacial score (nSPS) is 13.1. The fraction of sp³-hybridized carbons (Fsp3) is 0.600. The van der Waals surface area contributed by atoms with Crippen LogP contribution in [0.25, 0.3) is 0 Å². The molecular weight excluding hydrogens is 293 g/mol. The van der Waals surface area contributed by atoms with Crippen LogP contribution in [-0.4, -0.2) is 17.8 Å². The summed E-state index contributed by atoms with van der Waals surface area (Å²) in [4.78, 5) is 0. The third-order valence-corrected chi connectivity index (χ3v) is 2.48. The van der Waals surface area contributed by atoms with E-state index in [0.717, 1.165) is 35.5 Å². The first-order valence-electron chi connectivity index (χ1n) is 4.81. The highest BCUT2D eigenvalue weighted by atomic mass is 127. The molecule has 1 aromatic heterocycles. The number of nitrogens with one attached hydrogen (secondary N) is 1. The van der Waals surface area contributed by atoms with E-state index in [0.29, 0.717) is 0 Å². The van der Waals surface area contributed by atoms with Gasteiger partial charge in [-0.1, -0.05) is 0 Å². The summed E-state index contributed by atoms with van der Waals surface area (Å²) in [6, 6.07) is 3.93. The van der Waals surface area contributed by atoms with Crippen LogP contribution in [0.5, 0.6) is 0 Å². The van der Waals surface area contributed by atoms with Gasteiger partial charge in [-0.2, -0.15) is 0 Å². The molecule has 1 rings (SSSR count). The van der Waals surface area contributed by atoms with E-state index in [9.17, 15) is 0 Å². The molecule has 0 spiro atoms. The number of aliphatic hydroxyl groups is 1. The lowest BCUT2D eigenvalue weighted by atomic mass is 10.2. The van der Waals surface area contributed by atoms with Crippen LogP contribution in [0.3, 0.4) is 0 Å². The zero-order valence-electron chi connectivity index (χ0n) is 8.29. The molecule has 0 fully saturated rings. The highest BCUT2D eigenvalue weighted by Gasteiger charge is 1.99. The molecular formula is C10H16INO2. The molecule has 0 aliphatic carbocycles. The van der Waals surface area contributed by atoms with E-state index in [2.05, 4.69) is 27.9 Å². The number of furan rings is 1. The van der Waals surface area contributed by atoms with Gasteiger partial charge in [-0.05, 0) is 61.0 Å². The average molecular weight is 309 g/mol. The predicted octanol–water partition coefficient (Wildman–Crippen LogP) is 2.13. The summed E-state index contributed by atoms with van der Waals surface area (Å²) in [5, 5.41) is 12.3. The fourth-order valence-corrected chi connectivity index (χ4v) is 1.64. The number of aliphatic hydroxyl groups excluding tert-OH is 1. The molecule has 1 unspecified atom stereocenters. The minimum absolute atomic E-state index is 0.193. The summed E-state index contributed by atoms with van der Waals surface area (Å²) >= 11 is 2.15. The van der Waals surface area contributed by atoms with E-state index in [1.807, 2.05) is 19.1 Å². The van der Waals surface area contributed by atoms with Crippen molar-refractivity contribution in [2.75, 3.05) is 6.54 Å². The van der Waals surface area contributed by atoms with Crippen molar-refractivity contribution in [3.05, 3.63) is 21.7 Å². The molecule has 3 nitrogen and oxygen atoms in total. The zero-order valence-corrected chi connectivity index (χ0v) is 10.5. The second kappa shape index (κ2) is 6.42. The molecule has 0 aromatic carbocycles. The monoisotopic (exact) mass is 309 g/mol. The first kappa shape index (κ1) is 12.0. The second-order valence-corrected chi connectivity index (χ2v) is 4.44. The van der Waals surface area contributed by atoms with E-state index in [4.69, 9.17) is 9.52 Å². The average Bonchev–Trinajstić information content (AvgIpc) is 2.50. The summed E-state index contributed by atoms with van der Waals surface area (Å²) in [6.07, 6.45) is 1.65.